The second-order valence-corrected chi connectivity index (χ2v) is 6.53. The summed E-state index contributed by atoms with van der Waals surface area (Å²) in [6, 6.07) is 10.1. The molecular weight excluding hydrogens is 370 g/mol. The molecule has 0 spiro atoms. The van der Waals surface area contributed by atoms with E-state index in [0.717, 1.165) is 47.7 Å². The van der Waals surface area contributed by atoms with Crippen LogP contribution >= 0.6 is 15.9 Å². The predicted molar refractivity (Wildman–Crippen MR) is 97.8 cm³/mol. The molecule has 1 N–H and O–H groups in total. The first kappa shape index (κ1) is 17.2. The van der Waals surface area contributed by atoms with E-state index in [-0.39, 0.29) is 6.04 Å². The van der Waals surface area contributed by atoms with Crippen LogP contribution in [0.3, 0.4) is 0 Å². The van der Waals surface area contributed by atoms with Gasteiger partial charge in [0.25, 0.3) is 0 Å². The van der Waals surface area contributed by atoms with Gasteiger partial charge in [0, 0.05) is 36.8 Å². The van der Waals surface area contributed by atoms with E-state index in [1.165, 1.54) is 0 Å². The molecule has 0 radical (unpaired) electrons. The molecule has 128 valence electrons. The lowest BCUT2D eigenvalue weighted by atomic mass is 9.99. The number of hydrogen-bond donors (Lipinski definition) is 1. The van der Waals surface area contributed by atoms with Gasteiger partial charge in [-0.15, -0.1) is 0 Å². The van der Waals surface area contributed by atoms with E-state index in [0.29, 0.717) is 5.75 Å². The van der Waals surface area contributed by atoms with Gasteiger partial charge < -0.3 is 14.8 Å². The molecule has 0 saturated carbocycles. The molecule has 3 rings (SSSR count). The number of hydrogen-bond acceptors (Lipinski definition) is 5. The molecule has 1 aliphatic heterocycles. The minimum Gasteiger partial charge on any atom is -0.493 e. The van der Waals surface area contributed by atoms with Crippen LogP contribution in [0.15, 0.2) is 41.0 Å². The second-order valence-electron chi connectivity index (χ2n) is 5.67. The number of piperazine rings is 1. The van der Waals surface area contributed by atoms with Crippen molar-refractivity contribution in [3.05, 3.63) is 52.3 Å². The van der Waals surface area contributed by atoms with E-state index < -0.39 is 0 Å². The zero-order chi connectivity index (χ0) is 16.9. The maximum absolute atomic E-state index is 5.51. The highest BCUT2D eigenvalue weighted by Gasteiger charge is 2.27. The third-order valence-corrected chi connectivity index (χ3v) is 4.97. The van der Waals surface area contributed by atoms with Crippen molar-refractivity contribution in [3.8, 4) is 11.5 Å². The number of methoxy groups -OCH3 is 2. The molecule has 0 aliphatic carbocycles. The summed E-state index contributed by atoms with van der Waals surface area (Å²) >= 11 is 3.71. The molecule has 1 aromatic carbocycles. The molecule has 5 nitrogen and oxygen atoms in total. The Labute approximate surface area is 151 Å². The minimum atomic E-state index is 0.0717. The van der Waals surface area contributed by atoms with Crippen molar-refractivity contribution in [3.63, 3.8) is 0 Å². The van der Waals surface area contributed by atoms with Crippen LogP contribution in [0.5, 0.6) is 11.5 Å². The monoisotopic (exact) mass is 391 g/mol. The van der Waals surface area contributed by atoms with Gasteiger partial charge in [0.1, 0.15) is 0 Å². The molecular formula is C18H22BrN3O2. The number of nitrogens with one attached hydrogen (secondary N) is 1. The van der Waals surface area contributed by atoms with E-state index in [1.807, 2.05) is 30.5 Å². The molecule has 24 heavy (non-hydrogen) atoms. The Balaban J connectivity index is 2.08. The quantitative estimate of drug-likeness (QED) is 0.848. The Hall–Kier alpha value is -1.63. The van der Waals surface area contributed by atoms with Gasteiger partial charge in [-0.2, -0.15) is 0 Å². The molecule has 1 fully saturated rings. The predicted octanol–water partition coefficient (Wildman–Crippen LogP) is 2.86. The van der Waals surface area contributed by atoms with Crippen molar-refractivity contribution < 1.29 is 9.47 Å². The van der Waals surface area contributed by atoms with Gasteiger partial charge in [-0.25, -0.2) is 0 Å². The Morgan fingerprint density at radius 2 is 1.83 bits per heavy atom. The zero-order valence-corrected chi connectivity index (χ0v) is 15.5. The van der Waals surface area contributed by atoms with Crippen molar-refractivity contribution in [2.75, 3.05) is 40.4 Å². The molecule has 1 unspecified atom stereocenters. The molecule has 1 atom stereocenters. The van der Waals surface area contributed by atoms with Crippen LogP contribution in [0.25, 0.3) is 0 Å². The minimum absolute atomic E-state index is 0.0717. The average molecular weight is 392 g/mol. The summed E-state index contributed by atoms with van der Waals surface area (Å²) in [5.74, 6) is 1.44. The molecule has 6 heteroatoms. The lowest BCUT2D eigenvalue weighted by Gasteiger charge is -2.35. The number of halogens is 1. The molecule has 0 amide bonds. The lowest BCUT2D eigenvalue weighted by Crippen LogP contribution is -2.45. The highest BCUT2D eigenvalue weighted by molar-refractivity contribution is 9.10. The van der Waals surface area contributed by atoms with Crippen molar-refractivity contribution >= 4 is 15.9 Å². The van der Waals surface area contributed by atoms with Gasteiger partial charge in [0.05, 0.1) is 26.0 Å². The van der Waals surface area contributed by atoms with E-state index >= 15 is 0 Å². The normalized spacial score (nSPS) is 16.6. The zero-order valence-electron chi connectivity index (χ0n) is 14.0. The first-order valence-electron chi connectivity index (χ1n) is 8.01. The smallest absolute Gasteiger partial charge is 0.161 e. The summed E-state index contributed by atoms with van der Waals surface area (Å²) in [4.78, 5) is 7.06. The first-order chi connectivity index (χ1) is 11.7. The van der Waals surface area contributed by atoms with Crippen LogP contribution in [0, 0.1) is 0 Å². The lowest BCUT2D eigenvalue weighted by molar-refractivity contribution is 0.194. The van der Waals surface area contributed by atoms with Gasteiger partial charge in [0.2, 0.25) is 0 Å². The van der Waals surface area contributed by atoms with Gasteiger partial charge in [-0.1, -0.05) is 22.0 Å². The van der Waals surface area contributed by atoms with Crippen molar-refractivity contribution in [2.24, 2.45) is 0 Å². The van der Waals surface area contributed by atoms with E-state index in [2.05, 4.69) is 37.2 Å². The third-order valence-electron chi connectivity index (χ3n) is 4.28. The Morgan fingerprint density at radius 3 is 2.46 bits per heavy atom. The number of ether oxygens (including phenoxy) is 2. The van der Waals surface area contributed by atoms with E-state index in [9.17, 15) is 0 Å². The molecule has 1 saturated heterocycles. The Kier molecular flexibility index (Phi) is 5.71. The maximum atomic E-state index is 5.51. The summed E-state index contributed by atoms with van der Waals surface area (Å²) in [5, 5.41) is 3.41. The largest absolute Gasteiger partial charge is 0.493 e. The first-order valence-corrected chi connectivity index (χ1v) is 8.81. The SMILES string of the molecule is COc1cc(Br)c(C(c2ccccn2)N2CCNCC2)cc1OC. The molecule has 2 heterocycles. The fourth-order valence-electron chi connectivity index (χ4n) is 3.10. The van der Waals surface area contributed by atoms with Crippen LogP contribution < -0.4 is 14.8 Å². The Morgan fingerprint density at radius 1 is 1.12 bits per heavy atom. The topological polar surface area (TPSA) is 46.6 Å². The van der Waals surface area contributed by atoms with Crippen LogP contribution in [0.2, 0.25) is 0 Å². The number of benzene rings is 1. The van der Waals surface area contributed by atoms with Crippen molar-refractivity contribution in [2.45, 2.75) is 6.04 Å². The van der Waals surface area contributed by atoms with Gasteiger partial charge in [0.15, 0.2) is 11.5 Å². The van der Waals surface area contributed by atoms with Crippen LogP contribution in [0.4, 0.5) is 0 Å². The molecule has 1 aliphatic rings. The van der Waals surface area contributed by atoms with E-state index in [4.69, 9.17) is 9.47 Å². The van der Waals surface area contributed by atoms with Crippen LogP contribution in [-0.4, -0.2) is 50.3 Å². The maximum Gasteiger partial charge on any atom is 0.161 e. The van der Waals surface area contributed by atoms with Crippen molar-refractivity contribution in [1.82, 2.24) is 15.2 Å². The van der Waals surface area contributed by atoms with Gasteiger partial charge in [-0.3, -0.25) is 9.88 Å². The standard InChI is InChI=1S/C18H22BrN3O2/c1-23-16-11-13(14(19)12-17(16)24-2)18(15-5-3-4-6-21-15)22-9-7-20-8-10-22/h3-6,11-12,18,20H,7-10H2,1-2H3. The van der Waals surface area contributed by atoms with Crippen LogP contribution in [-0.2, 0) is 0 Å². The summed E-state index contributed by atoms with van der Waals surface area (Å²) in [7, 11) is 3.31. The average Bonchev–Trinajstić information content (AvgIpc) is 2.64. The van der Waals surface area contributed by atoms with Gasteiger partial charge >= 0.3 is 0 Å². The summed E-state index contributed by atoms with van der Waals surface area (Å²) < 4.78 is 11.9. The number of nitrogens with zero attached hydrogens (tertiary/aromatic N) is 2. The van der Waals surface area contributed by atoms with E-state index in [1.54, 1.807) is 14.2 Å². The van der Waals surface area contributed by atoms with Crippen molar-refractivity contribution in [1.29, 1.82) is 0 Å². The second kappa shape index (κ2) is 7.96. The van der Waals surface area contributed by atoms with Crippen LogP contribution in [0.1, 0.15) is 17.3 Å². The molecule has 1 aromatic heterocycles. The summed E-state index contributed by atoms with van der Waals surface area (Å²) in [6.07, 6.45) is 1.85. The highest BCUT2D eigenvalue weighted by atomic mass is 79.9. The molecule has 0 bridgehead atoms. The highest BCUT2D eigenvalue weighted by Crippen LogP contribution is 2.39. The molecule has 2 aromatic rings. The number of rotatable bonds is 5. The summed E-state index contributed by atoms with van der Waals surface area (Å²) in [5.41, 5.74) is 2.17. The Bertz CT molecular complexity index is 675. The fraction of sp³-hybridized carbons (Fsp3) is 0.389. The number of aromatic nitrogens is 1. The third kappa shape index (κ3) is 3.55. The number of pyridine rings is 1. The van der Waals surface area contributed by atoms with Gasteiger partial charge in [-0.05, 0) is 29.8 Å². The summed E-state index contributed by atoms with van der Waals surface area (Å²) in [6.45, 7) is 3.91. The fourth-order valence-corrected chi connectivity index (χ4v) is 3.64.